The van der Waals surface area contributed by atoms with E-state index >= 15 is 0 Å². The highest BCUT2D eigenvalue weighted by atomic mass is 35.5. The molecule has 1 aromatic carbocycles. The van der Waals surface area contributed by atoms with Crippen molar-refractivity contribution in [3.63, 3.8) is 0 Å². The molecule has 0 aliphatic carbocycles. The van der Waals surface area contributed by atoms with Crippen molar-refractivity contribution in [1.82, 2.24) is 9.88 Å². The van der Waals surface area contributed by atoms with E-state index in [4.69, 9.17) is 11.6 Å². The summed E-state index contributed by atoms with van der Waals surface area (Å²) in [4.78, 5) is 11.7. The van der Waals surface area contributed by atoms with Crippen molar-refractivity contribution in [2.24, 2.45) is 7.05 Å². The van der Waals surface area contributed by atoms with E-state index in [0.29, 0.717) is 17.1 Å². The third kappa shape index (κ3) is 3.11. The second kappa shape index (κ2) is 5.06. The van der Waals surface area contributed by atoms with Gasteiger partial charge < -0.3 is 9.88 Å². The maximum absolute atomic E-state index is 11.7. The van der Waals surface area contributed by atoms with E-state index in [1.807, 2.05) is 42.1 Å². The number of halogens is 1. The van der Waals surface area contributed by atoms with Gasteiger partial charge in [0, 0.05) is 31.0 Å². The number of aromatic nitrogens is 1. The minimum absolute atomic E-state index is 0.0689. The van der Waals surface area contributed by atoms with Gasteiger partial charge in [-0.2, -0.15) is 0 Å². The maximum Gasteiger partial charge on any atom is 0.253 e. The number of hydrogen-bond donors (Lipinski definition) is 1. The number of amides is 1. The van der Waals surface area contributed by atoms with Gasteiger partial charge in [-0.05, 0) is 23.8 Å². The molecule has 0 saturated heterocycles. The first-order valence-corrected chi connectivity index (χ1v) is 5.67. The zero-order valence-electron chi connectivity index (χ0n) is 9.48. The lowest BCUT2D eigenvalue weighted by molar-refractivity contribution is 0.0951. The fraction of sp³-hybridized carbons (Fsp3) is 0.154. The van der Waals surface area contributed by atoms with Crippen LogP contribution in [0.15, 0.2) is 42.7 Å². The topological polar surface area (TPSA) is 34.0 Å². The molecule has 0 fully saturated rings. The van der Waals surface area contributed by atoms with Crippen molar-refractivity contribution in [3.05, 3.63) is 58.9 Å². The van der Waals surface area contributed by atoms with Gasteiger partial charge >= 0.3 is 0 Å². The third-order valence-electron chi connectivity index (χ3n) is 2.46. The Bertz CT molecular complexity index is 516. The molecular formula is C13H13ClN2O. The molecule has 2 rings (SSSR count). The summed E-state index contributed by atoms with van der Waals surface area (Å²) >= 11 is 5.78. The summed E-state index contributed by atoms with van der Waals surface area (Å²) < 4.78 is 1.84. The van der Waals surface area contributed by atoms with Crippen molar-refractivity contribution in [2.45, 2.75) is 6.54 Å². The molecule has 4 heteroatoms. The average molecular weight is 249 g/mol. The molecule has 17 heavy (non-hydrogen) atoms. The summed E-state index contributed by atoms with van der Waals surface area (Å²) in [5, 5.41) is 3.55. The largest absolute Gasteiger partial charge is 0.356 e. The molecule has 1 amide bonds. The molecule has 88 valence electrons. The van der Waals surface area contributed by atoms with Crippen molar-refractivity contribution in [2.75, 3.05) is 0 Å². The van der Waals surface area contributed by atoms with Crippen LogP contribution in [0.4, 0.5) is 0 Å². The molecule has 0 saturated carbocycles. The highest BCUT2D eigenvalue weighted by Gasteiger charge is 2.05. The molecule has 0 spiro atoms. The van der Waals surface area contributed by atoms with E-state index < -0.39 is 0 Å². The summed E-state index contributed by atoms with van der Waals surface area (Å²) in [5.74, 6) is -0.0689. The first kappa shape index (κ1) is 11.7. The Morgan fingerprint density at radius 1 is 1.29 bits per heavy atom. The molecule has 1 heterocycles. The van der Waals surface area contributed by atoms with Crippen LogP contribution in [-0.4, -0.2) is 10.5 Å². The maximum atomic E-state index is 11.7. The van der Waals surface area contributed by atoms with Crippen LogP contribution in [0.3, 0.4) is 0 Å². The minimum Gasteiger partial charge on any atom is -0.356 e. The summed E-state index contributed by atoms with van der Waals surface area (Å²) in [7, 11) is 1.88. The number of benzene rings is 1. The second-order valence-corrected chi connectivity index (χ2v) is 4.31. The van der Waals surface area contributed by atoms with Gasteiger partial charge in [0.25, 0.3) is 5.91 Å². The van der Waals surface area contributed by atoms with E-state index in [9.17, 15) is 4.79 Å². The highest BCUT2D eigenvalue weighted by Crippen LogP contribution is 2.09. The predicted octanol–water partition coefficient (Wildman–Crippen LogP) is 2.61. The van der Waals surface area contributed by atoms with Crippen LogP contribution in [-0.2, 0) is 13.6 Å². The van der Waals surface area contributed by atoms with Gasteiger partial charge in [0.2, 0.25) is 0 Å². The standard InChI is InChI=1S/C13H13ClN2O/c1-16-7-6-11(9-16)13(17)15-8-10-2-4-12(14)5-3-10/h2-7,9H,8H2,1H3,(H,15,17). The molecule has 0 bridgehead atoms. The number of aryl methyl sites for hydroxylation is 1. The fourth-order valence-corrected chi connectivity index (χ4v) is 1.65. The van der Waals surface area contributed by atoms with Crippen molar-refractivity contribution < 1.29 is 4.79 Å². The minimum atomic E-state index is -0.0689. The molecule has 2 aromatic rings. The zero-order chi connectivity index (χ0) is 12.3. The van der Waals surface area contributed by atoms with Crippen molar-refractivity contribution in [1.29, 1.82) is 0 Å². The fourth-order valence-electron chi connectivity index (χ4n) is 1.52. The first-order chi connectivity index (χ1) is 8.15. The van der Waals surface area contributed by atoms with Crippen LogP contribution in [0.2, 0.25) is 5.02 Å². The van der Waals surface area contributed by atoms with Crippen LogP contribution >= 0.6 is 11.6 Å². The lowest BCUT2D eigenvalue weighted by Crippen LogP contribution is -2.22. The van der Waals surface area contributed by atoms with Gasteiger partial charge in [-0.1, -0.05) is 23.7 Å². The molecule has 0 aliphatic rings. The number of nitrogens with zero attached hydrogens (tertiary/aromatic N) is 1. The number of carbonyl (C=O) groups excluding carboxylic acids is 1. The van der Waals surface area contributed by atoms with Gasteiger partial charge in [0.1, 0.15) is 0 Å². The summed E-state index contributed by atoms with van der Waals surface area (Å²) in [6.07, 6.45) is 3.63. The third-order valence-corrected chi connectivity index (χ3v) is 2.71. The molecule has 1 aromatic heterocycles. The highest BCUT2D eigenvalue weighted by molar-refractivity contribution is 6.30. The SMILES string of the molecule is Cn1ccc(C(=O)NCc2ccc(Cl)cc2)c1. The van der Waals surface area contributed by atoms with Gasteiger partial charge in [0.15, 0.2) is 0 Å². The molecule has 1 N–H and O–H groups in total. The number of nitrogens with one attached hydrogen (secondary N) is 1. The van der Waals surface area contributed by atoms with Gasteiger partial charge in [-0.15, -0.1) is 0 Å². The van der Waals surface area contributed by atoms with E-state index in [1.54, 1.807) is 12.3 Å². The Hall–Kier alpha value is -1.74. The van der Waals surface area contributed by atoms with Crippen LogP contribution in [0, 0.1) is 0 Å². The van der Waals surface area contributed by atoms with Gasteiger partial charge in [-0.25, -0.2) is 0 Å². The van der Waals surface area contributed by atoms with Crippen LogP contribution < -0.4 is 5.32 Å². The van der Waals surface area contributed by atoms with E-state index in [2.05, 4.69) is 5.32 Å². The smallest absolute Gasteiger partial charge is 0.253 e. The molecule has 0 unspecified atom stereocenters. The van der Waals surface area contributed by atoms with Crippen LogP contribution in [0.1, 0.15) is 15.9 Å². The van der Waals surface area contributed by atoms with Gasteiger partial charge in [0.05, 0.1) is 5.56 Å². The quantitative estimate of drug-likeness (QED) is 0.890. The zero-order valence-corrected chi connectivity index (χ0v) is 10.2. The summed E-state index contributed by atoms with van der Waals surface area (Å²) in [5.41, 5.74) is 1.69. The molecular weight excluding hydrogens is 236 g/mol. The molecule has 0 radical (unpaired) electrons. The summed E-state index contributed by atoms with van der Waals surface area (Å²) in [6, 6.07) is 9.20. The van der Waals surface area contributed by atoms with Crippen molar-refractivity contribution in [3.8, 4) is 0 Å². The number of hydrogen-bond acceptors (Lipinski definition) is 1. The van der Waals surface area contributed by atoms with Crippen LogP contribution in [0.5, 0.6) is 0 Å². The van der Waals surface area contributed by atoms with Gasteiger partial charge in [-0.3, -0.25) is 4.79 Å². The second-order valence-electron chi connectivity index (χ2n) is 3.87. The Labute approximate surface area is 105 Å². The Morgan fingerprint density at radius 3 is 2.59 bits per heavy atom. The molecule has 0 aliphatic heterocycles. The first-order valence-electron chi connectivity index (χ1n) is 5.30. The Balaban J connectivity index is 1.94. The number of rotatable bonds is 3. The Morgan fingerprint density at radius 2 is 2.00 bits per heavy atom. The number of carbonyl (C=O) groups is 1. The van der Waals surface area contributed by atoms with Crippen LogP contribution in [0.25, 0.3) is 0 Å². The lowest BCUT2D eigenvalue weighted by atomic mass is 10.2. The van der Waals surface area contributed by atoms with E-state index in [0.717, 1.165) is 5.56 Å². The van der Waals surface area contributed by atoms with E-state index in [1.165, 1.54) is 0 Å². The molecule has 0 atom stereocenters. The summed E-state index contributed by atoms with van der Waals surface area (Å²) in [6.45, 7) is 0.505. The molecule has 3 nitrogen and oxygen atoms in total. The Kier molecular flexibility index (Phi) is 3.49. The van der Waals surface area contributed by atoms with Crippen molar-refractivity contribution >= 4 is 17.5 Å². The normalized spacial score (nSPS) is 10.2. The van der Waals surface area contributed by atoms with E-state index in [-0.39, 0.29) is 5.91 Å². The predicted molar refractivity (Wildman–Crippen MR) is 68.0 cm³/mol. The average Bonchev–Trinajstić information content (AvgIpc) is 2.75. The lowest BCUT2D eigenvalue weighted by Gasteiger charge is -2.04. The monoisotopic (exact) mass is 248 g/mol.